The lowest BCUT2D eigenvalue weighted by atomic mass is 10.2. The summed E-state index contributed by atoms with van der Waals surface area (Å²) in [5.41, 5.74) is 1.73. The third-order valence-electron chi connectivity index (χ3n) is 3.21. The van der Waals surface area contributed by atoms with Crippen molar-refractivity contribution in [1.29, 1.82) is 0 Å². The van der Waals surface area contributed by atoms with Crippen molar-refractivity contribution in [2.75, 3.05) is 0 Å². The average molecular weight is 290 g/mol. The molecule has 4 heteroatoms. The molecule has 4 rings (SSSR count). The zero-order chi connectivity index (χ0) is 15.4. The minimum atomic E-state index is 0.130. The van der Waals surface area contributed by atoms with Gasteiger partial charge in [-0.2, -0.15) is 0 Å². The number of hydrogen-bond acceptors (Lipinski definition) is 4. The summed E-state index contributed by atoms with van der Waals surface area (Å²) < 4.78 is 0. The van der Waals surface area contributed by atoms with E-state index in [0.29, 0.717) is 10.9 Å². The zero-order valence-corrected chi connectivity index (χ0v) is 11.7. The van der Waals surface area contributed by atoms with E-state index in [-0.39, 0.29) is 11.5 Å². The Kier molecular flexibility index (Phi) is 3.83. The molecule has 0 radical (unpaired) electrons. The fraction of sp³-hybridized carbons (Fsp3) is 0. The predicted molar refractivity (Wildman–Crippen MR) is 86.8 cm³/mol. The number of hydrogen-bond donors (Lipinski definition) is 2. The Morgan fingerprint density at radius 3 is 2.32 bits per heavy atom. The largest absolute Gasteiger partial charge is 0.508 e. The first kappa shape index (κ1) is 13.8. The number of nitrogens with zero attached hydrogens (tertiary/aromatic N) is 2. The number of fused-ring (bicyclic) bond motifs is 2. The molecule has 0 saturated heterocycles. The summed E-state index contributed by atoms with van der Waals surface area (Å²) in [6.45, 7) is 0. The molecule has 2 aromatic heterocycles. The molecule has 0 aliphatic carbocycles. The minimum Gasteiger partial charge on any atom is -0.508 e. The Morgan fingerprint density at radius 2 is 1.45 bits per heavy atom. The van der Waals surface area contributed by atoms with Gasteiger partial charge in [-0.3, -0.25) is 9.97 Å². The highest BCUT2D eigenvalue weighted by atomic mass is 16.3. The van der Waals surface area contributed by atoms with E-state index in [9.17, 15) is 5.11 Å². The number of benzene rings is 2. The van der Waals surface area contributed by atoms with E-state index in [0.717, 1.165) is 5.52 Å². The topological polar surface area (TPSA) is 66.2 Å². The molecule has 4 nitrogen and oxygen atoms in total. The van der Waals surface area contributed by atoms with Crippen molar-refractivity contribution in [3.63, 3.8) is 0 Å². The number of aromatic hydroxyl groups is 2. The molecule has 0 saturated carbocycles. The van der Waals surface area contributed by atoms with Crippen molar-refractivity contribution in [1.82, 2.24) is 9.97 Å². The monoisotopic (exact) mass is 290 g/mol. The summed E-state index contributed by atoms with van der Waals surface area (Å²) in [5, 5.41) is 20.2. The van der Waals surface area contributed by atoms with Gasteiger partial charge in [-0.05, 0) is 36.4 Å². The Labute approximate surface area is 127 Å². The molecule has 0 unspecified atom stereocenters. The number of phenols is 1. The van der Waals surface area contributed by atoms with Crippen molar-refractivity contribution in [3.05, 3.63) is 73.1 Å². The predicted octanol–water partition coefficient (Wildman–Crippen LogP) is 3.88. The van der Waals surface area contributed by atoms with E-state index in [4.69, 9.17) is 5.11 Å². The van der Waals surface area contributed by atoms with Crippen LogP contribution in [0.15, 0.2) is 73.1 Å². The highest BCUT2D eigenvalue weighted by molar-refractivity contribution is 5.85. The number of pyridine rings is 2. The molecule has 0 amide bonds. The normalized spacial score (nSPS) is 10.2. The second-order valence-electron chi connectivity index (χ2n) is 4.73. The van der Waals surface area contributed by atoms with Crippen molar-refractivity contribution in [2.45, 2.75) is 0 Å². The van der Waals surface area contributed by atoms with Crippen LogP contribution in [0.4, 0.5) is 0 Å². The van der Waals surface area contributed by atoms with Gasteiger partial charge in [0.05, 0.1) is 11.0 Å². The summed E-state index contributed by atoms with van der Waals surface area (Å²) in [5.74, 6) is 0.265. The second kappa shape index (κ2) is 6.10. The van der Waals surface area contributed by atoms with E-state index in [1.54, 1.807) is 6.07 Å². The van der Waals surface area contributed by atoms with Gasteiger partial charge >= 0.3 is 0 Å². The molecular formula is C18H14N2O2. The van der Waals surface area contributed by atoms with Crippen LogP contribution in [0.3, 0.4) is 0 Å². The van der Waals surface area contributed by atoms with Crippen LogP contribution < -0.4 is 0 Å². The molecule has 0 spiro atoms. The fourth-order valence-corrected chi connectivity index (χ4v) is 2.14. The molecule has 0 fully saturated rings. The lowest BCUT2D eigenvalue weighted by Gasteiger charge is -1.99. The summed E-state index contributed by atoms with van der Waals surface area (Å²) in [4.78, 5) is 8.19. The van der Waals surface area contributed by atoms with E-state index < -0.39 is 0 Å². The lowest BCUT2D eigenvalue weighted by molar-refractivity contribution is 0.471. The van der Waals surface area contributed by atoms with Crippen LogP contribution in [-0.4, -0.2) is 20.2 Å². The Morgan fingerprint density at radius 1 is 0.682 bits per heavy atom. The fourth-order valence-electron chi connectivity index (χ4n) is 2.14. The van der Waals surface area contributed by atoms with Crippen LogP contribution in [0.1, 0.15) is 0 Å². The molecular weight excluding hydrogens is 276 g/mol. The van der Waals surface area contributed by atoms with Crippen LogP contribution in [0.5, 0.6) is 11.5 Å². The number of para-hydroxylation sites is 1. The second-order valence-corrected chi connectivity index (χ2v) is 4.73. The van der Waals surface area contributed by atoms with E-state index in [2.05, 4.69) is 22.1 Å². The highest BCUT2D eigenvalue weighted by Gasteiger charge is 1.99. The average Bonchev–Trinajstić information content (AvgIpc) is 2.56. The number of rotatable bonds is 0. The van der Waals surface area contributed by atoms with Crippen molar-refractivity contribution < 1.29 is 10.2 Å². The molecule has 2 N–H and O–H groups in total. The smallest absolute Gasteiger partial charge is 0.126 e. The van der Waals surface area contributed by atoms with Gasteiger partial charge in [-0.25, -0.2) is 0 Å². The van der Waals surface area contributed by atoms with Gasteiger partial charge in [0, 0.05) is 23.2 Å². The zero-order valence-electron chi connectivity index (χ0n) is 11.7. The first-order chi connectivity index (χ1) is 10.7. The first-order valence-corrected chi connectivity index (χ1v) is 6.80. The SMILES string of the molecule is Oc1ccc2nccc(O)c2c1.c1ccc2ncccc2c1. The van der Waals surface area contributed by atoms with Crippen molar-refractivity contribution in [2.24, 2.45) is 0 Å². The maximum atomic E-state index is 9.34. The van der Waals surface area contributed by atoms with E-state index in [1.165, 1.54) is 29.8 Å². The van der Waals surface area contributed by atoms with Gasteiger partial charge in [0.2, 0.25) is 0 Å². The summed E-state index contributed by atoms with van der Waals surface area (Å²) in [6, 6.07) is 18.3. The van der Waals surface area contributed by atoms with Gasteiger partial charge in [0.1, 0.15) is 11.5 Å². The third kappa shape index (κ3) is 2.96. The maximum absolute atomic E-state index is 9.34. The highest BCUT2D eigenvalue weighted by Crippen LogP contribution is 2.25. The third-order valence-corrected chi connectivity index (χ3v) is 3.21. The van der Waals surface area contributed by atoms with Gasteiger partial charge in [-0.15, -0.1) is 0 Å². The van der Waals surface area contributed by atoms with Crippen molar-refractivity contribution >= 4 is 21.8 Å². The molecule has 2 aromatic carbocycles. The first-order valence-electron chi connectivity index (χ1n) is 6.80. The Hall–Kier alpha value is -3.14. The number of aromatic nitrogens is 2. The molecule has 0 bridgehead atoms. The Balaban J connectivity index is 0.000000133. The van der Waals surface area contributed by atoms with Crippen LogP contribution in [0.2, 0.25) is 0 Å². The van der Waals surface area contributed by atoms with Gasteiger partial charge < -0.3 is 10.2 Å². The Bertz CT molecular complexity index is 857. The van der Waals surface area contributed by atoms with Crippen LogP contribution in [0.25, 0.3) is 21.8 Å². The molecule has 2 heterocycles. The molecule has 0 atom stereocenters. The van der Waals surface area contributed by atoms with Crippen molar-refractivity contribution in [3.8, 4) is 11.5 Å². The van der Waals surface area contributed by atoms with E-state index in [1.807, 2.05) is 30.5 Å². The standard InChI is InChI=1S/C9H7NO2.C9H7N/c11-6-1-2-8-7(5-6)9(12)3-4-10-8;1-2-6-9-8(4-1)5-3-7-10-9/h1-5,11H,(H,10,12);1-7H. The van der Waals surface area contributed by atoms with Gasteiger partial charge in [0.15, 0.2) is 0 Å². The molecule has 4 aromatic rings. The summed E-state index contributed by atoms with van der Waals surface area (Å²) in [6.07, 6.45) is 3.33. The molecule has 22 heavy (non-hydrogen) atoms. The van der Waals surface area contributed by atoms with E-state index >= 15 is 0 Å². The van der Waals surface area contributed by atoms with Gasteiger partial charge in [0.25, 0.3) is 0 Å². The summed E-state index contributed by atoms with van der Waals surface area (Å²) in [7, 11) is 0. The minimum absolute atomic E-state index is 0.130. The van der Waals surface area contributed by atoms with Crippen LogP contribution in [0, 0.1) is 0 Å². The van der Waals surface area contributed by atoms with Crippen LogP contribution in [-0.2, 0) is 0 Å². The molecule has 108 valence electrons. The van der Waals surface area contributed by atoms with Crippen LogP contribution >= 0.6 is 0 Å². The molecule has 0 aliphatic rings. The van der Waals surface area contributed by atoms with Gasteiger partial charge in [-0.1, -0.05) is 24.3 Å². The summed E-state index contributed by atoms with van der Waals surface area (Å²) >= 11 is 0. The lowest BCUT2D eigenvalue weighted by Crippen LogP contribution is -1.77. The number of phenolic OH excluding ortho intramolecular Hbond substituents is 1. The maximum Gasteiger partial charge on any atom is 0.126 e. The molecule has 0 aliphatic heterocycles. The quantitative estimate of drug-likeness (QED) is 0.516.